The minimum absolute atomic E-state index is 0.0185. The molecule has 0 bridgehead atoms. The zero-order valence-electron chi connectivity index (χ0n) is 15.2. The Morgan fingerprint density at radius 1 is 1.14 bits per heavy atom. The van der Waals surface area contributed by atoms with Gasteiger partial charge in [-0.05, 0) is 36.8 Å². The highest BCUT2D eigenvalue weighted by Gasteiger charge is 2.12. The molecule has 2 N–H and O–H groups in total. The fourth-order valence-corrected chi connectivity index (χ4v) is 2.96. The van der Waals surface area contributed by atoms with Gasteiger partial charge in [-0.25, -0.2) is 17.8 Å². The van der Waals surface area contributed by atoms with Crippen LogP contribution < -0.4 is 10.0 Å². The van der Waals surface area contributed by atoms with Crippen molar-refractivity contribution in [2.75, 3.05) is 5.75 Å². The van der Waals surface area contributed by atoms with Gasteiger partial charge < -0.3 is 5.32 Å². The van der Waals surface area contributed by atoms with Crippen LogP contribution in [0.5, 0.6) is 0 Å². The summed E-state index contributed by atoms with van der Waals surface area (Å²) in [5.41, 5.74) is 2.36. The monoisotopic (exact) mass is 400 g/mol. The van der Waals surface area contributed by atoms with Crippen molar-refractivity contribution in [3.05, 3.63) is 71.8 Å². The number of aromatic nitrogens is 4. The van der Waals surface area contributed by atoms with Gasteiger partial charge in [0.25, 0.3) is 5.91 Å². The van der Waals surface area contributed by atoms with E-state index in [1.54, 1.807) is 31.5 Å². The summed E-state index contributed by atoms with van der Waals surface area (Å²) in [5.74, 6) is -0.355. The predicted molar refractivity (Wildman–Crippen MR) is 103 cm³/mol. The Hall–Kier alpha value is -3.11. The number of para-hydroxylation sites is 1. The van der Waals surface area contributed by atoms with E-state index in [0.29, 0.717) is 5.69 Å². The van der Waals surface area contributed by atoms with Crippen molar-refractivity contribution in [3.63, 3.8) is 0 Å². The van der Waals surface area contributed by atoms with Gasteiger partial charge in [-0.3, -0.25) is 9.78 Å². The van der Waals surface area contributed by atoms with Gasteiger partial charge in [0.15, 0.2) is 5.69 Å². The van der Waals surface area contributed by atoms with Gasteiger partial charge in [0.2, 0.25) is 10.0 Å². The van der Waals surface area contributed by atoms with Gasteiger partial charge in [-0.2, -0.15) is 0 Å². The first kappa shape index (κ1) is 19.6. The summed E-state index contributed by atoms with van der Waals surface area (Å²) >= 11 is 0. The van der Waals surface area contributed by atoms with Crippen LogP contribution in [0.4, 0.5) is 0 Å². The summed E-state index contributed by atoms with van der Waals surface area (Å²) < 4.78 is 27.1. The lowest BCUT2D eigenvalue weighted by molar-refractivity contribution is 0.0945. The van der Waals surface area contributed by atoms with Crippen LogP contribution in [0.25, 0.3) is 5.69 Å². The summed E-state index contributed by atoms with van der Waals surface area (Å²) in [7, 11) is -3.27. The minimum atomic E-state index is -3.27. The molecule has 0 saturated carbocycles. The van der Waals surface area contributed by atoms with Crippen LogP contribution in [0.2, 0.25) is 0 Å². The molecule has 146 valence electrons. The first-order valence-electron chi connectivity index (χ1n) is 8.64. The van der Waals surface area contributed by atoms with Crippen LogP contribution in [-0.4, -0.2) is 40.1 Å². The smallest absolute Gasteiger partial charge is 0.273 e. The second-order valence-electron chi connectivity index (χ2n) is 5.95. The molecule has 0 aliphatic carbocycles. The van der Waals surface area contributed by atoms with Crippen molar-refractivity contribution in [2.45, 2.75) is 20.0 Å². The number of carbonyl (C=O) groups excluding carboxylic acids is 1. The van der Waals surface area contributed by atoms with Crippen molar-refractivity contribution in [1.29, 1.82) is 0 Å². The molecule has 0 radical (unpaired) electrons. The second-order valence-corrected chi connectivity index (χ2v) is 8.04. The lowest BCUT2D eigenvalue weighted by Crippen LogP contribution is -2.25. The van der Waals surface area contributed by atoms with Crippen LogP contribution >= 0.6 is 0 Å². The number of pyridine rings is 1. The summed E-state index contributed by atoms with van der Waals surface area (Å²) in [5, 5.41) is 10.6. The Balaban J connectivity index is 1.59. The van der Waals surface area contributed by atoms with E-state index in [4.69, 9.17) is 0 Å². The van der Waals surface area contributed by atoms with Crippen LogP contribution in [0.3, 0.4) is 0 Å². The maximum Gasteiger partial charge on any atom is 0.273 e. The standard InChI is InChI=1S/C18H20N6O3S/c1-2-28(26,27)21-11-14-8-9-19-15(10-14)12-20-18(25)17-13-24(23-22-17)16-6-4-3-5-7-16/h3-10,13,21H,2,11-12H2,1H3,(H,20,25). The summed E-state index contributed by atoms with van der Waals surface area (Å²) in [4.78, 5) is 16.5. The van der Waals surface area contributed by atoms with Crippen LogP contribution in [0, 0.1) is 0 Å². The van der Waals surface area contributed by atoms with E-state index in [2.05, 4.69) is 25.3 Å². The van der Waals surface area contributed by atoms with Crippen molar-refractivity contribution in [3.8, 4) is 5.69 Å². The molecule has 3 rings (SSSR count). The Kier molecular flexibility index (Phi) is 6.12. The number of carbonyl (C=O) groups is 1. The highest BCUT2D eigenvalue weighted by Crippen LogP contribution is 2.06. The van der Waals surface area contributed by atoms with E-state index in [0.717, 1.165) is 11.3 Å². The zero-order valence-corrected chi connectivity index (χ0v) is 16.1. The molecule has 0 aliphatic rings. The van der Waals surface area contributed by atoms with Crippen molar-refractivity contribution in [2.24, 2.45) is 0 Å². The van der Waals surface area contributed by atoms with Gasteiger partial charge >= 0.3 is 0 Å². The number of rotatable bonds is 8. The molecule has 0 fully saturated rings. The number of hydrogen-bond donors (Lipinski definition) is 2. The van der Waals surface area contributed by atoms with Crippen molar-refractivity contribution >= 4 is 15.9 Å². The SMILES string of the molecule is CCS(=O)(=O)NCc1ccnc(CNC(=O)c2cn(-c3ccccc3)nn2)c1. The van der Waals surface area contributed by atoms with E-state index < -0.39 is 10.0 Å². The van der Waals surface area contributed by atoms with Crippen LogP contribution in [-0.2, 0) is 23.1 Å². The van der Waals surface area contributed by atoms with Gasteiger partial charge in [0.1, 0.15) is 0 Å². The largest absolute Gasteiger partial charge is 0.345 e. The molecular weight excluding hydrogens is 380 g/mol. The Labute approximate surface area is 162 Å². The van der Waals surface area contributed by atoms with Gasteiger partial charge in [0.05, 0.1) is 29.9 Å². The highest BCUT2D eigenvalue weighted by molar-refractivity contribution is 7.89. The number of nitrogens with one attached hydrogen (secondary N) is 2. The Morgan fingerprint density at radius 3 is 2.68 bits per heavy atom. The number of amides is 1. The van der Waals surface area contributed by atoms with Crippen LogP contribution in [0.15, 0.2) is 54.9 Å². The maximum atomic E-state index is 12.3. The third-order valence-electron chi connectivity index (χ3n) is 3.93. The molecule has 1 aromatic carbocycles. The molecule has 1 amide bonds. The first-order valence-corrected chi connectivity index (χ1v) is 10.3. The predicted octanol–water partition coefficient (Wildman–Crippen LogP) is 1.03. The average molecular weight is 400 g/mol. The third-order valence-corrected chi connectivity index (χ3v) is 5.28. The fourth-order valence-electron chi connectivity index (χ4n) is 2.37. The molecule has 0 saturated heterocycles. The highest BCUT2D eigenvalue weighted by atomic mass is 32.2. The van der Waals surface area contributed by atoms with E-state index in [-0.39, 0.29) is 30.4 Å². The molecule has 2 aromatic heterocycles. The lowest BCUT2D eigenvalue weighted by atomic mass is 10.2. The molecule has 3 aromatic rings. The average Bonchev–Trinajstić information content (AvgIpc) is 3.22. The molecular formula is C18H20N6O3S. The van der Waals surface area contributed by atoms with E-state index in [9.17, 15) is 13.2 Å². The summed E-state index contributed by atoms with van der Waals surface area (Å²) in [6, 6.07) is 12.8. The maximum absolute atomic E-state index is 12.3. The van der Waals surface area contributed by atoms with Gasteiger partial charge in [-0.1, -0.05) is 23.4 Å². The van der Waals surface area contributed by atoms with Crippen LogP contribution in [0.1, 0.15) is 28.7 Å². The molecule has 28 heavy (non-hydrogen) atoms. The van der Waals surface area contributed by atoms with Gasteiger partial charge in [-0.15, -0.1) is 5.10 Å². The number of hydrogen-bond acceptors (Lipinski definition) is 6. The third kappa shape index (κ3) is 5.21. The first-order chi connectivity index (χ1) is 13.5. The molecule has 10 heteroatoms. The topological polar surface area (TPSA) is 119 Å². The van der Waals surface area contributed by atoms with E-state index in [1.807, 2.05) is 30.3 Å². The number of nitrogens with zero attached hydrogens (tertiary/aromatic N) is 4. The molecule has 0 aliphatic heterocycles. The molecule has 0 atom stereocenters. The Morgan fingerprint density at radius 2 is 1.93 bits per heavy atom. The minimum Gasteiger partial charge on any atom is -0.345 e. The zero-order chi connectivity index (χ0) is 20.0. The van der Waals surface area contributed by atoms with E-state index in [1.165, 1.54) is 4.68 Å². The van der Waals surface area contributed by atoms with E-state index >= 15 is 0 Å². The van der Waals surface area contributed by atoms with Crippen molar-refractivity contribution < 1.29 is 13.2 Å². The summed E-state index contributed by atoms with van der Waals surface area (Å²) in [6.07, 6.45) is 3.12. The molecule has 2 heterocycles. The lowest BCUT2D eigenvalue weighted by Gasteiger charge is -2.07. The van der Waals surface area contributed by atoms with Gasteiger partial charge in [0, 0.05) is 12.7 Å². The summed E-state index contributed by atoms with van der Waals surface area (Å²) in [6.45, 7) is 1.93. The Bertz CT molecular complexity index is 1050. The normalized spacial score (nSPS) is 11.3. The van der Waals surface area contributed by atoms with Crippen molar-refractivity contribution in [1.82, 2.24) is 30.0 Å². The second kappa shape index (κ2) is 8.72. The molecule has 9 nitrogen and oxygen atoms in total. The fraction of sp³-hybridized carbons (Fsp3) is 0.222. The number of benzene rings is 1. The molecule has 0 unspecified atom stereocenters. The number of sulfonamides is 1. The quantitative estimate of drug-likeness (QED) is 0.583. The molecule has 0 spiro atoms.